The number of ketones is 1. The number of unbranched alkanes of at least 4 members (excludes halogenated alkanes) is 4. The Hall–Kier alpha value is -1.16. The Morgan fingerprint density at radius 2 is 1.78 bits per heavy atom. The molecule has 4 heteroatoms. The number of rotatable bonds is 12. The number of aliphatic hydroxyl groups is 1. The van der Waals surface area contributed by atoms with Crippen molar-refractivity contribution in [3.05, 3.63) is 12.2 Å². The zero-order valence-corrected chi connectivity index (χ0v) is 17.6. The van der Waals surface area contributed by atoms with Gasteiger partial charge in [-0.1, -0.05) is 64.5 Å². The third-order valence-electron chi connectivity index (χ3n) is 6.00. The summed E-state index contributed by atoms with van der Waals surface area (Å²) in [6.45, 7) is 6.08. The Kier molecular flexibility index (Phi) is 10.9. The number of aliphatic carboxylic acids is 1. The normalized spacial score (nSPS) is 24.5. The summed E-state index contributed by atoms with van der Waals surface area (Å²) in [5.41, 5.74) is -0.864. The lowest BCUT2D eigenvalue weighted by Crippen LogP contribution is -2.29. The number of carboxylic acids is 1. The average molecular weight is 381 g/mol. The Balaban J connectivity index is 2.90. The number of allylic oxidation sites excluding steroid dienone is 1. The van der Waals surface area contributed by atoms with Crippen molar-refractivity contribution in [3.63, 3.8) is 0 Å². The molecule has 1 saturated carbocycles. The molecule has 1 aliphatic rings. The SMILES string of the molecule is CCCCCC(C(=O)O)[C@@H]1CCC(=O)CC[C@H]1C=CC(C)(O)CCCCC. The summed E-state index contributed by atoms with van der Waals surface area (Å²) in [5, 5.41) is 20.4. The van der Waals surface area contributed by atoms with Gasteiger partial charge in [0.05, 0.1) is 11.5 Å². The van der Waals surface area contributed by atoms with E-state index in [2.05, 4.69) is 13.8 Å². The monoisotopic (exact) mass is 380 g/mol. The van der Waals surface area contributed by atoms with Crippen molar-refractivity contribution in [2.75, 3.05) is 0 Å². The molecule has 0 amide bonds. The van der Waals surface area contributed by atoms with Crippen molar-refractivity contribution < 1.29 is 19.8 Å². The zero-order chi connectivity index (χ0) is 20.3. The molecule has 4 atom stereocenters. The van der Waals surface area contributed by atoms with Crippen molar-refractivity contribution in [3.8, 4) is 0 Å². The van der Waals surface area contributed by atoms with E-state index in [0.717, 1.165) is 38.5 Å². The topological polar surface area (TPSA) is 74.6 Å². The zero-order valence-electron chi connectivity index (χ0n) is 17.6. The molecule has 27 heavy (non-hydrogen) atoms. The van der Waals surface area contributed by atoms with E-state index in [-0.39, 0.29) is 17.6 Å². The largest absolute Gasteiger partial charge is 0.481 e. The molecule has 0 spiro atoms. The molecule has 0 aliphatic heterocycles. The number of Topliss-reactive ketones (excluding diaryl/α,β-unsaturated/α-hetero) is 1. The van der Waals surface area contributed by atoms with Gasteiger partial charge in [-0.25, -0.2) is 0 Å². The molecule has 4 nitrogen and oxygen atoms in total. The first kappa shape index (κ1) is 23.9. The second-order valence-electron chi connectivity index (χ2n) is 8.56. The summed E-state index contributed by atoms with van der Waals surface area (Å²) < 4.78 is 0. The fourth-order valence-corrected chi connectivity index (χ4v) is 4.23. The second kappa shape index (κ2) is 12.3. The Morgan fingerprint density at radius 1 is 1.15 bits per heavy atom. The van der Waals surface area contributed by atoms with E-state index in [9.17, 15) is 19.8 Å². The van der Waals surface area contributed by atoms with E-state index < -0.39 is 17.5 Å². The number of carbonyl (C=O) groups excluding carboxylic acids is 1. The molecule has 1 rings (SSSR count). The van der Waals surface area contributed by atoms with Crippen LogP contribution in [0.3, 0.4) is 0 Å². The first-order chi connectivity index (χ1) is 12.8. The van der Waals surface area contributed by atoms with Crippen LogP contribution in [-0.2, 0) is 9.59 Å². The van der Waals surface area contributed by atoms with Gasteiger partial charge < -0.3 is 10.2 Å². The van der Waals surface area contributed by atoms with Crippen LogP contribution in [0.25, 0.3) is 0 Å². The molecule has 1 fully saturated rings. The highest BCUT2D eigenvalue weighted by atomic mass is 16.4. The minimum absolute atomic E-state index is 0.0199. The number of hydrogen-bond donors (Lipinski definition) is 2. The van der Waals surface area contributed by atoms with E-state index in [1.54, 1.807) is 0 Å². The first-order valence-corrected chi connectivity index (χ1v) is 11.0. The highest BCUT2D eigenvalue weighted by molar-refractivity contribution is 5.79. The molecule has 0 bridgehead atoms. The molecule has 0 heterocycles. The fourth-order valence-electron chi connectivity index (χ4n) is 4.23. The van der Waals surface area contributed by atoms with Crippen molar-refractivity contribution >= 4 is 11.8 Å². The predicted octanol–water partition coefficient (Wildman–Crippen LogP) is 5.53. The minimum Gasteiger partial charge on any atom is -0.481 e. The van der Waals surface area contributed by atoms with Gasteiger partial charge >= 0.3 is 5.97 Å². The van der Waals surface area contributed by atoms with Gasteiger partial charge in [-0.3, -0.25) is 9.59 Å². The third-order valence-corrected chi connectivity index (χ3v) is 6.00. The molecule has 1 aliphatic carbocycles. The Morgan fingerprint density at radius 3 is 2.41 bits per heavy atom. The van der Waals surface area contributed by atoms with Gasteiger partial charge in [0.2, 0.25) is 0 Å². The van der Waals surface area contributed by atoms with Crippen LogP contribution >= 0.6 is 0 Å². The van der Waals surface area contributed by atoms with Crippen molar-refractivity contribution in [1.82, 2.24) is 0 Å². The van der Waals surface area contributed by atoms with E-state index in [1.807, 2.05) is 19.1 Å². The van der Waals surface area contributed by atoms with E-state index in [4.69, 9.17) is 0 Å². The maximum absolute atomic E-state index is 12.0. The van der Waals surface area contributed by atoms with Gasteiger partial charge in [0.25, 0.3) is 0 Å². The Bertz CT molecular complexity index is 481. The fraction of sp³-hybridized carbons (Fsp3) is 0.826. The summed E-state index contributed by atoms with van der Waals surface area (Å²) in [6, 6.07) is 0. The molecular formula is C23H40O4. The highest BCUT2D eigenvalue weighted by Gasteiger charge is 2.35. The lowest BCUT2D eigenvalue weighted by molar-refractivity contribution is -0.144. The standard InChI is InChI=1S/C23H40O4/c1-4-6-8-10-21(22(25)26)20-14-13-19(24)12-11-18(20)15-17-23(3,27)16-9-7-5-2/h15,17-18,20-21,27H,4-14,16H2,1-3H3,(H,25,26)/t18-,20+,21?,23?/m0/s1. The van der Waals surface area contributed by atoms with Crippen LogP contribution < -0.4 is 0 Å². The third kappa shape index (κ3) is 9.05. The summed E-state index contributed by atoms with van der Waals surface area (Å²) in [6.07, 6.45) is 13.9. The quantitative estimate of drug-likeness (QED) is 0.265. The maximum Gasteiger partial charge on any atom is 0.306 e. The molecule has 0 aromatic carbocycles. The van der Waals surface area contributed by atoms with Gasteiger partial charge in [-0.2, -0.15) is 0 Å². The van der Waals surface area contributed by atoms with Gasteiger partial charge in [0.1, 0.15) is 5.78 Å². The number of carbonyl (C=O) groups is 2. The first-order valence-electron chi connectivity index (χ1n) is 11.0. The molecule has 2 N–H and O–H groups in total. The minimum atomic E-state index is -0.864. The van der Waals surface area contributed by atoms with Gasteiger partial charge in [0, 0.05) is 12.8 Å². The van der Waals surface area contributed by atoms with Crippen LogP contribution in [0.1, 0.15) is 97.8 Å². The molecule has 0 saturated heterocycles. The van der Waals surface area contributed by atoms with Gasteiger partial charge in [-0.15, -0.1) is 0 Å². The second-order valence-corrected chi connectivity index (χ2v) is 8.56. The van der Waals surface area contributed by atoms with Crippen LogP contribution in [0.4, 0.5) is 0 Å². The van der Waals surface area contributed by atoms with E-state index in [1.165, 1.54) is 0 Å². The lowest BCUT2D eigenvalue weighted by atomic mass is 9.75. The molecule has 0 aromatic heterocycles. The summed E-state index contributed by atoms with van der Waals surface area (Å²) in [7, 11) is 0. The summed E-state index contributed by atoms with van der Waals surface area (Å²) >= 11 is 0. The predicted molar refractivity (Wildman–Crippen MR) is 110 cm³/mol. The maximum atomic E-state index is 12.0. The van der Waals surface area contributed by atoms with Crippen LogP contribution in [0.5, 0.6) is 0 Å². The molecule has 156 valence electrons. The van der Waals surface area contributed by atoms with E-state index in [0.29, 0.717) is 38.5 Å². The van der Waals surface area contributed by atoms with Crippen LogP contribution in [0.2, 0.25) is 0 Å². The van der Waals surface area contributed by atoms with Crippen LogP contribution in [0.15, 0.2) is 12.2 Å². The van der Waals surface area contributed by atoms with Crippen LogP contribution in [-0.4, -0.2) is 27.6 Å². The van der Waals surface area contributed by atoms with Crippen molar-refractivity contribution in [2.24, 2.45) is 17.8 Å². The van der Waals surface area contributed by atoms with Crippen LogP contribution in [0, 0.1) is 17.8 Å². The molecule has 2 unspecified atom stereocenters. The smallest absolute Gasteiger partial charge is 0.306 e. The van der Waals surface area contributed by atoms with Gasteiger partial charge in [-0.05, 0) is 44.4 Å². The van der Waals surface area contributed by atoms with Crippen molar-refractivity contribution in [2.45, 2.75) is 103 Å². The molecule has 0 radical (unpaired) electrons. The van der Waals surface area contributed by atoms with Crippen molar-refractivity contribution in [1.29, 1.82) is 0 Å². The van der Waals surface area contributed by atoms with Gasteiger partial charge in [0.15, 0.2) is 0 Å². The molecular weight excluding hydrogens is 340 g/mol. The van der Waals surface area contributed by atoms with E-state index >= 15 is 0 Å². The Labute approximate surface area is 165 Å². The highest BCUT2D eigenvalue weighted by Crippen LogP contribution is 2.37. The summed E-state index contributed by atoms with van der Waals surface area (Å²) in [5.74, 6) is -0.866. The average Bonchev–Trinajstić information content (AvgIpc) is 2.79. The number of hydrogen-bond acceptors (Lipinski definition) is 3. The molecule has 0 aromatic rings. The summed E-state index contributed by atoms with van der Waals surface area (Å²) in [4.78, 5) is 23.9. The number of carboxylic acid groups (broad SMARTS) is 1. The lowest BCUT2D eigenvalue weighted by Gasteiger charge is -2.29.